The molecule has 0 aliphatic carbocycles. The van der Waals surface area contributed by atoms with Gasteiger partial charge in [0.15, 0.2) is 0 Å². The van der Waals surface area contributed by atoms with Gasteiger partial charge in [0.05, 0.1) is 11.5 Å². The summed E-state index contributed by atoms with van der Waals surface area (Å²) in [6, 6.07) is 4.79. The Morgan fingerprint density at radius 1 is 1.25 bits per heavy atom. The van der Waals surface area contributed by atoms with E-state index in [1.807, 2.05) is 13.8 Å². The Hall–Kier alpha value is -1.07. The maximum Gasteiger partial charge on any atom is 0.238 e. The lowest BCUT2D eigenvalue weighted by molar-refractivity contribution is 0.240. The summed E-state index contributed by atoms with van der Waals surface area (Å²) in [7, 11) is -3.67. The van der Waals surface area contributed by atoms with Crippen LogP contribution in [0.1, 0.15) is 52.5 Å². The van der Waals surface area contributed by atoms with Gasteiger partial charge in [0, 0.05) is 0 Å². The highest BCUT2D eigenvalue weighted by Crippen LogP contribution is 2.29. The topological polar surface area (TPSA) is 69.4 Å². The molecule has 4 nitrogen and oxygen atoms in total. The first kappa shape index (κ1) is 17.0. The molecular weight excluding hydrogens is 274 g/mol. The van der Waals surface area contributed by atoms with Gasteiger partial charge in [-0.2, -0.15) is 0 Å². The van der Waals surface area contributed by atoms with E-state index in [9.17, 15) is 8.42 Å². The molecule has 114 valence electrons. The van der Waals surface area contributed by atoms with Gasteiger partial charge in [-0.25, -0.2) is 13.6 Å². The van der Waals surface area contributed by atoms with Gasteiger partial charge in [0.1, 0.15) is 5.75 Å². The van der Waals surface area contributed by atoms with E-state index in [2.05, 4.69) is 20.8 Å². The Balaban J connectivity index is 2.97. The second-order valence-corrected chi connectivity index (χ2v) is 8.12. The van der Waals surface area contributed by atoms with E-state index in [1.54, 1.807) is 12.1 Å². The zero-order chi connectivity index (χ0) is 15.6. The third kappa shape index (κ3) is 5.13. The molecule has 0 aliphatic rings. The zero-order valence-corrected chi connectivity index (χ0v) is 13.8. The minimum atomic E-state index is -3.67. The van der Waals surface area contributed by atoms with Gasteiger partial charge in [-0.05, 0) is 41.5 Å². The smallest absolute Gasteiger partial charge is 0.238 e. The molecule has 0 saturated heterocycles. The van der Waals surface area contributed by atoms with Crippen LogP contribution in [0, 0.1) is 5.41 Å². The number of rotatable bonds is 5. The van der Waals surface area contributed by atoms with Gasteiger partial charge in [-0.1, -0.05) is 34.6 Å². The Bertz CT molecular complexity index is 557. The van der Waals surface area contributed by atoms with Crippen LogP contribution in [-0.4, -0.2) is 15.0 Å². The van der Waals surface area contributed by atoms with Gasteiger partial charge in [-0.3, -0.25) is 0 Å². The normalized spacial score (nSPS) is 12.8. The van der Waals surface area contributed by atoms with Crippen LogP contribution < -0.4 is 9.88 Å². The number of primary sulfonamides is 1. The highest BCUT2D eigenvalue weighted by Gasteiger charge is 2.16. The predicted octanol–water partition coefficient (Wildman–Crippen LogP) is 3.27. The second kappa shape index (κ2) is 6.14. The van der Waals surface area contributed by atoms with E-state index in [-0.39, 0.29) is 16.2 Å². The summed E-state index contributed by atoms with van der Waals surface area (Å²) in [5.74, 6) is 0.901. The summed E-state index contributed by atoms with van der Waals surface area (Å²) in [5, 5.41) is 5.16. The van der Waals surface area contributed by atoms with Gasteiger partial charge in [0.25, 0.3) is 0 Å². The Kier molecular flexibility index (Phi) is 5.21. The zero-order valence-electron chi connectivity index (χ0n) is 12.9. The maximum absolute atomic E-state index is 11.4. The molecular formula is C15H25NO3S. The first-order valence-electron chi connectivity index (χ1n) is 6.80. The second-order valence-electron chi connectivity index (χ2n) is 6.56. The SMILES string of the molecule is CC(C)c1cc(S(N)(=O)=O)ccc1OCCC(C)(C)C. The maximum atomic E-state index is 11.4. The van der Waals surface area contributed by atoms with Crippen molar-refractivity contribution < 1.29 is 13.2 Å². The fourth-order valence-corrected chi connectivity index (χ4v) is 2.30. The minimum Gasteiger partial charge on any atom is -0.493 e. The minimum absolute atomic E-state index is 0.129. The summed E-state index contributed by atoms with van der Waals surface area (Å²) < 4.78 is 28.6. The lowest BCUT2D eigenvalue weighted by Crippen LogP contribution is -2.14. The molecule has 0 amide bonds. The van der Waals surface area contributed by atoms with Crippen LogP contribution in [0.2, 0.25) is 0 Å². The standard InChI is InChI=1S/C15H25NO3S/c1-11(2)13-10-12(20(16,17)18)6-7-14(13)19-9-8-15(3,4)5/h6-7,10-11H,8-9H2,1-5H3,(H2,16,17,18). The molecule has 0 saturated carbocycles. The molecule has 1 aromatic rings. The van der Waals surface area contributed by atoms with Crippen LogP contribution in [-0.2, 0) is 10.0 Å². The van der Waals surface area contributed by atoms with E-state index in [0.29, 0.717) is 6.61 Å². The van der Waals surface area contributed by atoms with Crippen LogP contribution in [0.3, 0.4) is 0 Å². The average Bonchev–Trinajstić information content (AvgIpc) is 2.25. The van der Waals surface area contributed by atoms with Crippen LogP contribution in [0.15, 0.2) is 23.1 Å². The fourth-order valence-electron chi connectivity index (χ4n) is 1.75. The van der Waals surface area contributed by atoms with Crippen molar-refractivity contribution >= 4 is 10.0 Å². The monoisotopic (exact) mass is 299 g/mol. The molecule has 0 radical (unpaired) electrons. The number of sulfonamides is 1. The molecule has 0 aromatic heterocycles. The lowest BCUT2D eigenvalue weighted by Gasteiger charge is -2.20. The molecule has 0 atom stereocenters. The third-order valence-corrected chi connectivity index (χ3v) is 3.95. The van der Waals surface area contributed by atoms with E-state index in [4.69, 9.17) is 9.88 Å². The molecule has 0 fully saturated rings. The van der Waals surface area contributed by atoms with E-state index in [0.717, 1.165) is 17.7 Å². The van der Waals surface area contributed by atoms with Gasteiger partial charge < -0.3 is 4.74 Å². The first-order chi connectivity index (χ1) is 9.00. The van der Waals surface area contributed by atoms with Crippen molar-refractivity contribution in [3.8, 4) is 5.75 Å². The Morgan fingerprint density at radius 3 is 2.30 bits per heavy atom. The molecule has 1 aromatic carbocycles. The largest absolute Gasteiger partial charge is 0.493 e. The summed E-state index contributed by atoms with van der Waals surface area (Å²) in [4.78, 5) is 0.129. The molecule has 0 bridgehead atoms. The predicted molar refractivity (Wildman–Crippen MR) is 81.5 cm³/mol. The summed E-state index contributed by atoms with van der Waals surface area (Å²) in [6.07, 6.45) is 0.932. The van der Waals surface area contributed by atoms with Crippen molar-refractivity contribution in [1.82, 2.24) is 0 Å². The number of benzene rings is 1. The molecule has 5 heteroatoms. The average molecular weight is 299 g/mol. The number of hydrogen-bond donors (Lipinski definition) is 1. The summed E-state index contributed by atoms with van der Waals surface area (Å²) in [5.41, 5.74) is 1.07. The highest BCUT2D eigenvalue weighted by atomic mass is 32.2. The van der Waals surface area contributed by atoms with Gasteiger partial charge in [0.2, 0.25) is 10.0 Å². The lowest BCUT2D eigenvalue weighted by atomic mass is 9.93. The van der Waals surface area contributed by atoms with Crippen LogP contribution >= 0.6 is 0 Å². The van der Waals surface area contributed by atoms with Gasteiger partial charge in [-0.15, -0.1) is 0 Å². The Morgan fingerprint density at radius 2 is 1.85 bits per heavy atom. The van der Waals surface area contributed by atoms with E-state index < -0.39 is 10.0 Å². The van der Waals surface area contributed by atoms with Crippen molar-refractivity contribution in [2.45, 2.75) is 51.9 Å². The molecule has 0 spiro atoms. The van der Waals surface area contributed by atoms with E-state index >= 15 is 0 Å². The summed E-state index contributed by atoms with van der Waals surface area (Å²) >= 11 is 0. The van der Waals surface area contributed by atoms with Crippen molar-refractivity contribution in [3.05, 3.63) is 23.8 Å². The van der Waals surface area contributed by atoms with Crippen LogP contribution in [0.5, 0.6) is 5.75 Å². The van der Waals surface area contributed by atoms with Crippen LogP contribution in [0.4, 0.5) is 0 Å². The van der Waals surface area contributed by atoms with E-state index in [1.165, 1.54) is 6.07 Å². The van der Waals surface area contributed by atoms with Crippen molar-refractivity contribution in [1.29, 1.82) is 0 Å². The molecule has 2 N–H and O–H groups in total. The molecule has 0 heterocycles. The highest BCUT2D eigenvalue weighted by molar-refractivity contribution is 7.89. The third-order valence-electron chi connectivity index (χ3n) is 3.04. The summed E-state index contributed by atoms with van der Waals surface area (Å²) in [6.45, 7) is 11.1. The fraction of sp³-hybridized carbons (Fsp3) is 0.600. The molecule has 20 heavy (non-hydrogen) atoms. The first-order valence-corrected chi connectivity index (χ1v) is 8.35. The van der Waals surface area contributed by atoms with Crippen molar-refractivity contribution in [2.75, 3.05) is 6.61 Å². The van der Waals surface area contributed by atoms with Crippen LogP contribution in [0.25, 0.3) is 0 Å². The molecule has 0 unspecified atom stereocenters. The van der Waals surface area contributed by atoms with Crippen molar-refractivity contribution in [3.63, 3.8) is 0 Å². The number of hydrogen-bond acceptors (Lipinski definition) is 3. The van der Waals surface area contributed by atoms with Crippen molar-refractivity contribution in [2.24, 2.45) is 10.6 Å². The van der Waals surface area contributed by atoms with Gasteiger partial charge >= 0.3 is 0 Å². The molecule has 0 aliphatic heterocycles. The number of ether oxygens (including phenoxy) is 1. The quantitative estimate of drug-likeness (QED) is 0.907. The number of nitrogens with two attached hydrogens (primary N) is 1. The Labute approximate surface area is 122 Å². The molecule has 1 rings (SSSR count).